The van der Waals surface area contributed by atoms with Gasteiger partial charge in [0, 0.05) is 18.2 Å². The number of benzene rings is 1. The van der Waals surface area contributed by atoms with Gasteiger partial charge in [-0.25, -0.2) is 4.39 Å². The number of hydrogen-bond acceptors (Lipinski definition) is 2. The second kappa shape index (κ2) is 6.68. The summed E-state index contributed by atoms with van der Waals surface area (Å²) in [5.74, 6) is -0.342. The van der Waals surface area contributed by atoms with E-state index in [1.165, 1.54) is 32.1 Å². The normalized spacial score (nSPS) is 20.2. The Hall–Kier alpha value is -1.40. The van der Waals surface area contributed by atoms with Crippen molar-refractivity contribution in [1.82, 2.24) is 4.90 Å². The van der Waals surface area contributed by atoms with Crippen LogP contribution in [0, 0.1) is 17.1 Å². The van der Waals surface area contributed by atoms with E-state index in [9.17, 15) is 4.39 Å². The number of piperidine rings is 1. The fourth-order valence-corrected chi connectivity index (χ4v) is 2.94. The van der Waals surface area contributed by atoms with E-state index in [0.717, 1.165) is 6.54 Å². The van der Waals surface area contributed by atoms with Crippen LogP contribution in [0.4, 0.5) is 4.39 Å². The molecule has 3 heteroatoms. The first-order valence-corrected chi connectivity index (χ1v) is 7.17. The minimum atomic E-state index is -0.342. The highest BCUT2D eigenvalue weighted by Crippen LogP contribution is 2.24. The lowest BCUT2D eigenvalue weighted by atomic mass is 9.97. The lowest BCUT2D eigenvalue weighted by Crippen LogP contribution is -2.39. The van der Waals surface area contributed by atoms with Crippen LogP contribution in [0.25, 0.3) is 0 Å². The van der Waals surface area contributed by atoms with Gasteiger partial charge in [0.05, 0.1) is 5.56 Å². The molecule has 0 aliphatic carbocycles. The second-order valence-corrected chi connectivity index (χ2v) is 5.30. The van der Waals surface area contributed by atoms with E-state index in [4.69, 9.17) is 5.26 Å². The Labute approximate surface area is 114 Å². The summed E-state index contributed by atoms with van der Waals surface area (Å²) in [6.45, 7) is 3.87. The topological polar surface area (TPSA) is 27.0 Å². The first-order chi connectivity index (χ1) is 9.26. The van der Waals surface area contributed by atoms with Crippen molar-refractivity contribution in [2.45, 2.75) is 51.6 Å². The van der Waals surface area contributed by atoms with Gasteiger partial charge in [-0.15, -0.1) is 0 Å². The molecule has 0 N–H and O–H groups in total. The molecule has 0 bridgehead atoms. The fourth-order valence-electron chi connectivity index (χ4n) is 2.94. The van der Waals surface area contributed by atoms with Gasteiger partial charge in [-0.05, 0) is 31.9 Å². The lowest BCUT2D eigenvalue weighted by Gasteiger charge is -2.35. The van der Waals surface area contributed by atoms with Crippen molar-refractivity contribution in [2.75, 3.05) is 6.54 Å². The third kappa shape index (κ3) is 3.33. The van der Waals surface area contributed by atoms with Crippen molar-refractivity contribution in [3.63, 3.8) is 0 Å². The summed E-state index contributed by atoms with van der Waals surface area (Å²) in [6.07, 6.45) is 6.04. The number of rotatable bonds is 4. The third-order valence-electron chi connectivity index (χ3n) is 3.94. The molecule has 19 heavy (non-hydrogen) atoms. The molecule has 1 fully saturated rings. The Morgan fingerprint density at radius 3 is 3.00 bits per heavy atom. The molecule has 0 saturated carbocycles. The third-order valence-corrected chi connectivity index (χ3v) is 3.94. The summed E-state index contributed by atoms with van der Waals surface area (Å²) in [5, 5.41) is 8.88. The molecule has 1 atom stereocenters. The van der Waals surface area contributed by atoms with Crippen molar-refractivity contribution >= 4 is 0 Å². The first-order valence-electron chi connectivity index (χ1n) is 7.17. The average Bonchev–Trinajstić information content (AvgIpc) is 2.43. The molecule has 2 nitrogen and oxygen atoms in total. The fraction of sp³-hybridized carbons (Fsp3) is 0.562. The van der Waals surface area contributed by atoms with Crippen LogP contribution >= 0.6 is 0 Å². The molecular formula is C16H21FN2. The quantitative estimate of drug-likeness (QED) is 0.822. The predicted octanol–water partition coefficient (Wildman–Crippen LogP) is 3.85. The molecular weight excluding hydrogens is 239 g/mol. The van der Waals surface area contributed by atoms with E-state index < -0.39 is 0 Å². The van der Waals surface area contributed by atoms with E-state index in [2.05, 4.69) is 11.8 Å². The molecule has 1 saturated heterocycles. The highest BCUT2D eigenvalue weighted by Gasteiger charge is 2.22. The Balaban J connectivity index is 2.13. The molecule has 1 aromatic carbocycles. The van der Waals surface area contributed by atoms with Crippen LogP contribution in [0.2, 0.25) is 0 Å². The molecule has 0 aromatic heterocycles. The minimum absolute atomic E-state index is 0.154. The second-order valence-electron chi connectivity index (χ2n) is 5.30. The van der Waals surface area contributed by atoms with Crippen molar-refractivity contribution in [2.24, 2.45) is 0 Å². The predicted molar refractivity (Wildman–Crippen MR) is 74.1 cm³/mol. The van der Waals surface area contributed by atoms with Crippen LogP contribution in [0.1, 0.15) is 50.2 Å². The molecule has 1 aliphatic rings. The van der Waals surface area contributed by atoms with E-state index in [0.29, 0.717) is 18.2 Å². The van der Waals surface area contributed by atoms with Gasteiger partial charge in [-0.3, -0.25) is 4.90 Å². The van der Waals surface area contributed by atoms with Crippen LogP contribution < -0.4 is 0 Å². The molecule has 0 amide bonds. The highest BCUT2D eigenvalue weighted by atomic mass is 19.1. The van der Waals surface area contributed by atoms with E-state index in [1.54, 1.807) is 18.2 Å². The van der Waals surface area contributed by atoms with Gasteiger partial charge in [0.25, 0.3) is 0 Å². The van der Waals surface area contributed by atoms with Crippen molar-refractivity contribution in [3.8, 4) is 6.07 Å². The maximum Gasteiger partial charge on any atom is 0.145 e. The van der Waals surface area contributed by atoms with Gasteiger partial charge in [-0.1, -0.05) is 31.9 Å². The number of nitriles is 1. The SMILES string of the molecule is CCCC1CCCCN1Cc1cccc(C#N)c1F. The number of nitrogens with zero attached hydrogens (tertiary/aromatic N) is 2. The van der Waals surface area contributed by atoms with Gasteiger partial charge in [0.1, 0.15) is 11.9 Å². The minimum Gasteiger partial charge on any atom is -0.296 e. The van der Waals surface area contributed by atoms with Gasteiger partial charge in [0.2, 0.25) is 0 Å². The van der Waals surface area contributed by atoms with Crippen LogP contribution in [0.5, 0.6) is 0 Å². The summed E-state index contributed by atoms with van der Waals surface area (Å²) in [4.78, 5) is 2.38. The Morgan fingerprint density at radius 2 is 2.26 bits per heavy atom. The summed E-state index contributed by atoms with van der Waals surface area (Å²) in [5.41, 5.74) is 0.809. The highest BCUT2D eigenvalue weighted by molar-refractivity contribution is 5.34. The number of likely N-dealkylation sites (tertiary alicyclic amines) is 1. The monoisotopic (exact) mass is 260 g/mol. The van der Waals surface area contributed by atoms with Gasteiger partial charge in [0.15, 0.2) is 0 Å². The van der Waals surface area contributed by atoms with Crippen LogP contribution in [-0.2, 0) is 6.54 Å². The van der Waals surface area contributed by atoms with Gasteiger partial charge < -0.3 is 0 Å². The zero-order valence-corrected chi connectivity index (χ0v) is 11.5. The summed E-state index contributed by atoms with van der Waals surface area (Å²) >= 11 is 0. The Kier molecular flexibility index (Phi) is 4.93. The maximum atomic E-state index is 14.1. The summed E-state index contributed by atoms with van der Waals surface area (Å²) < 4.78 is 14.1. The smallest absolute Gasteiger partial charge is 0.145 e. The van der Waals surface area contributed by atoms with Gasteiger partial charge in [-0.2, -0.15) is 5.26 Å². The molecule has 2 rings (SSSR count). The number of hydrogen-bond donors (Lipinski definition) is 0. The van der Waals surface area contributed by atoms with E-state index >= 15 is 0 Å². The largest absolute Gasteiger partial charge is 0.296 e. The zero-order chi connectivity index (χ0) is 13.7. The van der Waals surface area contributed by atoms with Crippen LogP contribution in [0.3, 0.4) is 0 Å². The Bertz CT molecular complexity index is 462. The van der Waals surface area contributed by atoms with Crippen molar-refractivity contribution in [3.05, 3.63) is 35.1 Å². The van der Waals surface area contributed by atoms with Crippen molar-refractivity contribution in [1.29, 1.82) is 5.26 Å². The average molecular weight is 260 g/mol. The molecule has 1 aliphatic heterocycles. The van der Waals surface area contributed by atoms with Crippen molar-refractivity contribution < 1.29 is 4.39 Å². The van der Waals surface area contributed by atoms with Crippen LogP contribution in [0.15, 0.2) is 18.2 Å². The van der Waals surface area contributed by atoms with Crippen LogP contribution in [-0.4, -0.2) is 17.5 Å². The molecule has 1 heterocycles. The summed E-state index contributed by atoms with van der Waals surface area (Å²) in [7, 11) is 0. The molecule has 1 unspecified atom stereocenters. The Morgan fingerprint density at radius 1 is 1.42 bits per heavy atom. The standard InChI is InChI=1S/C16H21FN2/c1-2-6-15-9-3-4-10-19(15)12-14-8-5-7-13(11-18)16(14)17/h5,7-8,15H,2-4,6,9-10,12H2,1H3. The molecule has 0 spiro atoms. The zero-order valence-electron chi connectivity index (χ0n) is 11.5. The van der Waals surface area contributed by atoms with E-state index in [1.807, 2.05) is 6.07 Å². The molecule has 102 valence electrons. The summed E-state index contributed by atoms with van der Waals surface area (Å²) in [6, 6.07) is 7.60. The lowest BCUT2D eigenvalue weighted by molar-refractivity contribution is 0.130. The van der Waals surface area contributed by atoms with Gasteiger partial charge >= 0.3 is 0 Å². The molecule has 0 radical (unpaired) electrons. The number of halogens is 1. The van der Waals surface area contributed by atoms with E-state index in [-0.39, 0.29) is 11.4 Å². The maximum absolute atomic E-state index is 14.1. The molecule has 1 aromatic rings. The first kappa shape index (κ1) is 14.0.